The van der Waals surface area contributed by atoms with E-state index in [1.807, 2.05) is 0 Å². The number of hydrogen-bond acceptors (Lipinski definition) is 2. The van der Waals surface area contributed by atoms with Gasteiger partial charge in [-0.25, -0.2) is 0 Å². The Balaban J connectivity index is 3.37. The van der Waals surface area contributed by atoms with Crippen molar-refractivity contribution in [2.45, 2.75) is 25.8 Å². The lowest BCUT2D eigenvalue weighted by atomic mass is 10.1. The Kier molecular flexibility index (Phi) is 5.57. The molecule has 2 nitrogen and oxygen atoms in total. The lowest BCUT2D eigenvalue weighted by Gasteiger charge is -2.08. The van der Waals surface area contributed by atoms with E-state index in [0.717, 1.165) is 25.1 Å². The van der Waals surface area contributed by atoms with Gasteiger partial charge in [0.1, 0.15) is 0 Å². The van der Waals surface area contributed by atoms with Gasteiger partial charge in [-0.15, -0.1) is 6.58 Å². The predicted octanol–water partition coefficient (Wildman–Crippen LogP) is 1.40. The van der Waals surface area contributed by atoms with Crippen LogP contribution in [0.2, 0.25) is 0 Å². The molecule has 64 valence electrons. The van der Waals surface area contributed by atoms with Gasteiger partial charge in [0, 0.05) is 18.3 Å². The maximum absolute atomic E-state index is 5.63. The summed E-state index contributed by atoms with van der Waals surface area (Å²) in [5.41, 5.74) is 6.69. The molecule has 0 aliphatic carbocycles. The summed E-state index contributed by atoms with van der Waals surface area (Å²) in [6, 6.07) is 0.102. The number of allylic oxidation sites excluding steroid dienone is 1. The third-order valence-corrected chi connectivity index (χ3v) is 1.51. The van der Waals surface area contributed by atoms with Crippen molar-refractivity contribution in [3.8, 4) is 0 Å². The Hall–Kier alpha value is -0.760. The zero-order chi connectivity index (χ0) is 8.69. The molecule has 3 N–H and O–H groups in total. The second-order valence-corrected chi connectivity index (χ2v) is 2.57. The maximum atomic E-state index is 5.63. The van der Waals surface area contributed by atoms with Gasteiger partial charge in [0.15, 0.2) is 0 Å². The van der Waals surface area contributed by atoms with Crippen molar-refractivity contribution in [1.82, 2.24) is 5.32 Å². The molecule has 0 amide bonds. The van der Waals surface area contributed by atoms with Crippen LogP contribution in [0.5, 0.6) is 0 Å². The van der Waals surface area contributed by atoms with Gasteiger partial charge in [-0.05, 0) is 19.8 Å². The minimum absolute atomic E-state index is 0.102. The molecule has 2 heteroatoms. The van der Waals surface area contributed by atoms with Crippen LogP contribution in [-0.2, 0) is 0 Å². The fourth-order valence-electron chi connectivity index (χ4n) is 0.797. The second-order valence-electron chi connectivity index (χ2n) is 2.57. The van der Waals surface area contributed by atoms with Crippen LogP contribution >= 0.6 is 0 Å². The van der Waals surface area contributed by atoms with Crippen molar-refractivity contribution in [3.63, 3.8) is 0 Å². The highest BCUT2D eigenvalue weighted by Gasteiger charge is 1.97. The molecular weight excluding hydrogens is 136 g/mol. The maximum Gasteiger partial charge on any atom is 0.0224 e. The average molecular weight is 154 g/mol. The Bertz CT molecular complexity index is 130. The lowest BCUT2D eigenvalue weighted by Crippen LogP contribution is -2.18. The molecule has 0 bridgehead atoms. The van der Waals surface area contributed by atoms with E-state index in [1.165, 1.54) is 0 Å². The van der Waals surface area contributed by atoms with E-state index < -0.39 is 0 Å². The van der Waals surface area contributed by atoms with E-state index in [2.05, 4.69) is 25.4 Å². The molecule has 0 spiro atoms. The summed E-state index contributed by atoms with van der Waals surface area (Å²) in [6.45, 7) is 10.4. The molecule has 0 aromatic carbocycles. The Morgan fingerprint density at radius 1 is 1.73 bits per heavy atom. The topological polar surface area (TPSA) is 38.0 Å². The van der Waals surface area contributed by atoms with Crippen molar-refractivity contribution in [2.24, 2.45) is 5.73 Å². The Morgan fingerprint density at radius 2 is 2.36 bits per heavy atom. The lowest BCUT2D eigenvalue weighted by molar-refractivity contribution is 0.678. The molecule has 0 saturated heterocycles. The molecular formula is C9H18N2. The zero-order valence-corrected chi connectivity index (χ0v) is 7.27. The molecule has 0 heterocycles. The summed E-state index contributed by atoms with van der Waals surface area (Å²) in [6.07, 6.45) is 3.62. The monoisotopic (exact) mass is 154 g/mol. The van der Waals surface area contributed by atoms with Crippen LogP contribution < -0.4 is 11.1 Å². The first-order valence-electron chi connectivity index (χ1n) is 4.00. The van der Waals surface area contributed by atoms with E-state index in [-0.39, 0.29) is 6.04 Å². The molecule has 0 aromatic heterocycles. The highest BCUT2D eigenvalue weighted by atomic mass is 14.9. The summed E-state index contributed by atoms with van der Waals surface area (Å²) >= 11 is 0. The molecule has 1 atom stereocenters. The van der Waals surface area contributed by atoms with Gasteiger partial charge in [-0.3, -0.25) is 0 Å². The summed E-state index contributed by atoms with van der Waals surface area (Å²) in [4.78, 5) is 0. The van der Waals surface area contributed by atoms with Crippen LogP contribution in [0.4, 0.5) is 0 Å². The molecule has 0 aliphatic heterocycles. The van der Waals surface area contributed by atoms with Crippen molar-refractivity contribution in [2.75, 3.05) is 6.54 Å². The fourth-order valence-corrected chi connectivity index (χ4v) is 0.797. The Morgan fingerprint density at radius 3 is 2.82 bits per heavy atom. The standard InChI is InChI=1S/C9H18N2/c1-4-9(10)7-6-8(3)11-5-2/h4,9,11H,1,3,5-7,10H2,2H3. The smallest absolute Gasteiger partial charge is 0.0224 e. The van der Waals surface area contributed by atoms with Crippen molar-refractivity contribution < 1.29 is 0 Å². The van der Waals surface area contributed by atoms with Gasteiger partial charge < -0.3 is 11.1 Å². The van der Waals surface area contributed by atoms with Gasteiger partial charge in [0.05, 0.1) is 0 Å². The van der Waals surface area contributed by atoms with Gasteiger partial charge >= 0.3 is 0 Å². The van der Waals surface area contributed by atoms with Gasteiger partial charge in [0.25, 0.3) is 0 Å². The molecule has 11 heavy (non-hydrogen) atoms. The van der Waals surface area contributed by atoms with E-state index >= 15 is 0 Å². The minimum Gasteiger partial charge on any atom is -0.389 e. The van der Waals surface area contributed by atoms with E-state index in [0.29, 0.717) is 0 Å². The highest BCUT2D eigenvalue weighted by molar-refractivity contribution is 4.93. The number of rotatable bonds is 6. The number of nitrogens with two attached hydrogens (primary N) is 1. The fraction of sp³-hybridized carbons (Fsp3) is 0.556. The van der Waals surface area contributed by atoms with E-state index in [1.54, 1.807) is 6.08 Å². The van der Waals surface area contributed by atoms with Gasteiger partial charge in [0.2, 0.25) is 0 Å². The number of nitrogens with one attached hydrogen (secondary N) is 1. The average Bonchev–Trinajstić information content (AvgIpc) is 2.01. The van der Waals surface area contributed by atoms with Crippen LogP contribution in [0.3, 0.4) is 0 Å². The quantitative estimate of drug-likeness (QED) is 0.568. The zero-order valence-electron chi connectivity index (χ0n) is 7.27. The summed E-state index contributed by atoms with van der Waals surface area (Å²) in [5, 5.41) is 3.14. The van der Waals surface area contributed by atoms with Gasteiger partial charge in [-0.1, -0.05) is 12.7 Å². The minimum atomic E-state index is 0.102. The summed E-state index contributed by atoms with van der Waals surface area (Å²) in [7, 11) is 0. The van der Waals surface area contributed by atoms with E-state index in [9.17, 15) is 0 Å². The van der Waals surface area contributed by atoms with Crippen molar-refractivity contribution in [3.05, 3.63) is 24.9 Å². The predicted molar refractivity (Wildman–Crippen MR) is 50.2 cm³/mol. The summed E-state index contributed by atoms with van der Waals surface area (Å²) < 4.78 is 0. The third kappa shape index (κ3) is 5.67. The van der Waals surface area contributed by atoms with Crippen molar-refractivity contribution in [1.29, 1.82) is 0 Å². The SMILES string of the molecule is C=CC(N)CCC(=C)NCC. The normalized spacial score (nSPS) is 12.2. The molecule has 0 aliphatic rings. The highest BCUT2D eigenvalue weighted by Crippen LogP contribution is 2.01. The first-order valence-corrected chi connectivity index (χ1v) is 4.00. The van der Waals surface area contributed by atoms with Crippen LogP contribution in [-0.4, -0.2) is 12.6 Å². The second kappa shape index (κ2) is 5.98. The van der Waals surface area contributed by atoms with E-state index in [4.69, 9.17) is 5.73 Å². The molecule has 0 aromatic rings. The third-order valence-electron chi connectivity index (χ3n) is 1.51. The first kappa shape index (κ1) is 10.2. The molecule has 0 radical (unpaired) electrons. The summed E-state index contributed by atoms with van der Waals surface area (Å²) in [5.74, 6) is 0. The molecule has 0 saturated carbocycles. The van der Waals surface area contributed by atoms with Crippen LogP contribution in [0.25, 0.3) is 0 Å². The van der Waals surface area contributed by atoms with Crippen LogP contribution in [0, 0.1) is 0 Å². The van der Waals surface area contributed by atoms with Crippen molar-refractivity contribution >= 4 is 0 Å². The molecule has 0 rings (SSSR count). The van der Waals surface area contributed by atoms with Gasteiger partial charge in [-0.2, -0.15) is 0 Å². The first-order chi connectivity index (χ1) is 5.20. The van der Waals surface area contributed by atoms with Crippen LogP contribution in [0.1, 0.15) is 19.8 Å². The Labute approximate surface area is 69.2 Å². The molecule has 0 fully saturated rings. The molecule has 1 unspecified atom stereocenters. The van der Waals surface area contributed by atoms with Crippen LogP contribution in [0.15, 0.2) is 24.9 Å². The number of hydrogen-bond donors (Lipinski definition) is 2. The largest absolute Gasteiger partial charge is 0.389 e.